The molecule has 10 heteroatoms. The van der Waals surface area contributed by atoms with Crippen LogP contribution in [0.15, 0.2) is 58.2 Å². The van der Waals surface area contributed by atoms with Gasteiger partial charge in [0.1, 0.15) is 5.82 Å². The minimum absolute atomic E-state index is 0.177. The number of fused-ring (bicyclic) bond motifs is 1. The molecule has 1 atom stereocenters. The molecule has 0 saturated carbocycles. The van der Waals surface area contributed by atoms with Crippen LogP contribution >= 0.6 is 0 Å². The highest BCUT2D eigenvalue weighted by molar-refractivity contribution is 7.89. The number of aromatic amines is 1. The van der Waals surface area contributed by atoms with Gasteiger partial charge in [0.25, 0.3) is 5.56 Å². The number of sulfonamides is 1. The molecule has 0 spiro atoms. The first-order valence-corrected chi connectivity index (χ1v) is 12.7. The molecule has 1 aliphatic rings. The van der Waals surface area contributed by atoms with Gasteiger partial charge in [0.05, 0.1) is 11.4 Å². The Morgan fingerprint density at radius 2 is 1.71 bits per heavy atom. The number of rotatable bonds is 5. The maximum atomic E-state index is 13.2. The summed E-state index contributed by atoms with van der Waals surface area (Å²) in [5.41, 5.74) is 3.39. The fourth-order valence-corrected chi connectivity index (χ4v) is 5.82. The van der Waals surface area contributed by atoms with E-state index >= 15 is 0 Å². The molecule has 1 aliphatic heterocycles. The SMILES string of the molecule is Cc1ccc(Cn2nnc3c(=O)[nH]c(C4CCCN(S(=O)(=O)c5ccc(C)cc5)C4)nc32)cc1. The summed E-state index contributed by atoms with van der Waals surface area (Å²) in [6.07, 6.45) is 1.41. The molecule has 3 heterocycles. The van der Waals surface area contributed by atoms with E-state index in [2.05, 4.69) is 15.3 Å². The molecule has 1 saturated heterocycles. The first-order valence-electron chi connectivity index (χ1n) is 11.3. The molecule has 2 aromatic carbocycles. The molecular weight excluding hydrogens is 452 g/mol. The molecule has 0 radical (unpaired) electrons. The van der Waals surface area contributed by atoms with Crippen molar-refractivity contribution in [2.75, 3.05) is 13.1 Å². The number of nitrogens with zero attached hydrogens (tertiary/aromatic N) is 5. The fraction of sp³-hybridized carbons (Fsp3) is 0.333. The number of aromatic nitrogens is 5. The molecular formula is C24H26N6O3S. The predicted octanol–water partition coefficient (Wildman–Crippen LogP) is 2.75. The van der Waals surface area contributed by atoms with E-state index < -0.39 is 10.0 Å². The summed E-state index contributed by atoms with van der Waals surface area (Å²) in [5.74, 6) is 0.238. The average molecular weight is 479 g/mol. The lowest BCUT2D eigenvalue weighted by Gasteiger charge is -2.31. The number of H-pyrrole nitrogens is 1. The van der Waals surface area contributed by atoms with Crippen molar-refractivity contribution < 1.29 is 8.42 Å². The summed E-state index contributed by atoms with van der Waals surface area (Å²) >= 11 is 0. The highest BCUT2D eigenvalue weighted by atomic mass is 32.2. The van der Waals surface area contributed by atoms with Gasteiger partial charge in [-0.2, -0.15) is 4.31 Å². The molecule has 2 aromatic heterocycles. The van der Waals surface area contributed by atoms with Gasteiger partial charge in [-0.05, 0) is 44.4 Å². The van der Waals surface area contributed by atoms with Crippen molar-refractivity contribution in [3.05, 3.63) is 81.4 Å². The van der Waals surface area contributed by atoms with Crippen LogP contribution in [-0.4, -0.2) is 50.8 Å². The number of hydrogen-bond acceptors (Lipinski definition) is 6. The third-order valence-electron chi connectivity index (χ3n) is 6.27. The van der Waals surface area contributed by atoms with E-state index in [1.54, 1.807) is 28.9 Å². The zero-order valence-corrected chi connectivity index (χ0v) is 19.9. The van der Waals surface area contributed by atoms with Crippen LogP contribution in [0, 0.1) is 13.8 Å². The normalized spacial score (nSPS) is 17.3. The van der Waals surface area contributed by atoms with Gasteiger partial charge in [0, 0.05) is 19.0 Å². The van der Waals surface area contributed by atoms with Crippen LogP contribution in [0.2, 0.25) is 0 Å². The third kappa shape index (κ3) is 4.26. The van der Waals surface area contributed by atoms with E-state index in [1.165, 1.54) is 4.31 Å². The Labute approximate surface area is 197 Å². The van der Waals surface area contributed by atoms with Crippen molar-refractivity contribution in [3.8, 4) is 0 Å². The van der Waals surface area contributed by atoms with Crippen molar-refractivity contribution in [2.45, 2.75) is 44.0 Å². The fourth-order valence-electron chi connectivity index (χ4n) is 4.29. The van der Waals surface area contributed by atoms with Gasteiger partial charge in [-0.1, -0.05) is 52.7 Å². The summed E-state index contributed by atoms with van der Waals surface area (Å²) in [7, 11) is -3.63. The third-order valence-corrected chi connectivity index (χ3v) is 8.15. The summed E-state index contributed by atoms with van der Waals surface area (Å²) in [4.78, 5) is 20.5. The monoisotopic (exact) mass is 478 g/mol. The maximum absolute atomic E-state index is 13.2. The second kappa shape index (κ2) is 8.77. The first kappa shape index (κ1) is 22.4. The molecule has 0 bridgehead atoms. The molecule has 1 unspecified atom stereocenters. The lowest BCUT2D eigenvalue weighted by atomic mass is 9.99. The lowest BCUT2D eigenvalue weighted by Crippen LogP contribution is -2.39. The van der Waals surface area contributed by atoms with Gasteiger partial charge >= 0.3 is 0 Å². The van der Waals surface area contributed by atoms with Crippen LogP contribution in [-0.2, 0) is 16.6 Å². The smallest absolute Gasteiger partial charge is 0.281 e. The minimum atomic E-state index is -3.63. The predicted molar refractivity (Wildman–Crippen MR) is 128 cm³/mol. The minimum Gasteiger partial charge on any atom is -0.308 e. The quantitative estimate of drug-likeness (QED) is 0.472. The number of nitrogens with one attached hydrogen (secondary N) is 1. The highest BCUT2D eigenvalue weighted by Crippen LogP contribution is 2.29. The molecule has 0 aliphatic carbocycles. The van der Waals surface area contributed by atoms with Crippen LogP contribution in [0.3, 0.4) is 0 Å². The van der Waals surface area contributed by atoms with E-state index in [1.807, 2.05) is 38.1 Å². The average Bonchev–Trinajstić information content (AvgIpc) is 3.24. The first-order chi connectivity index (χ1) is 16.3. The Bertz CT molecular complexity index is 1490. The highest BCUT2D eigenvalue weighted by Gasteiger charge is 2.32. The van der Waals surface area contributed by atoms with Crippen LogP contribution < -0.4 is 5.56 Å². The lowest BCUT2D eigenvalue weighted by molar-refractivity contribution is 0.309. The van der Waals surface area contributed by atoms with Crippen molar-refractivity contribution in [3.63, 3.8) is 0 Å². The Morgan fingerprint density at radius 3 is 2.41 bits per heavy atom. The maximum Gasteiger partial charge on any atom is 0.281 e. The summed E-state index contributed by atoms with van der Waals surface area (Å²) in [6, 6.07) is 14.9. The number of hydrogen-bond donors (Lipinski definition) is 1. The van der Waals surface area contributed by atoms with Crippen molar-refractivity contribution in [1.82, 2.24) is 29.3 Å². The molecule has 1 N–H and O–H groups in total. The molecule has 1 fully saturated rings. The van der Waals surface area contributed by atoms with Crippen molar-refractivity contribution >= 4 is 21.2 Å². The number of piperidine rings is 1. The summed E-state index contributed by atoms with van der Waals surface area (Å²) < 4.78 is 29.5. The van der Waals surface area contributed by atoms with Crippen LogP contribution in [0.4, 0.5) is 0 Å². The standard InChI is InChI=1S/C24H26N6O3S/c1-16-5-9-18(10-6-16)14-30-23-21(27-28-30)24(31)26-22(25-23)19-4-3-13-29(15-19)34(32,33)20-11-7-17(2)8-12-20/h5-12,19H,3-4,13-15H2,1-2H3,(H,25,26,31). The van der Waals surface area contributed by atoms with E-state index in [9.17, 15) is 13.2 Å². The molecule has 176 valence electrons. The van der Waals surface area contributed by atoms with Gasteiger partial charge < -0.3 is 4.98 Å². The molecule has 0 amide bonds. The van der Waals surface area contributed by atoms with Gasteiger partial charge in [-0.25, -0.2) is 18.1 Å². The second-order valence-corrected chi connectivity index (χ2v) is 10.8. The van der Waals surface area contributed by atoms with E-state index in [0.717, 1.165) is 23.1 Å². The van der Waals surface area contributed by atoms with Gasteiger partial charge in [0.15, 0.2) is 11.2 Å². The molecule has 4 aromatic rings. The van der Waals surface area contributed by atoms with Crippen LogP contribution in [0.25, 0.3) is 11.2 Å². The van der Waals surface area contributed by atoms with Crippen LogP contribution in [0.5, 0.6) is 0 Å². The summed E-state index contributed by atoms with van der Waals surface area (Å²) in [5, 5.41) is 8.16. The van der Waals surface area contributed by atoms with Crippen molar-refractivity contribution in [2.24, 2.45) is 0 Å². The number of benzene rings is 2. The zero-order chi connectivity index (χ0) is 23.9. The Hall–Kier alpha value is -3.37. The molecule has 5 rings (SSSR count). The largest absolute Gasteiger partial charge is 0.308 e. The second-order valence-electron chi connectivity index (χ2n) is 8.87. The molecule has 34 heavy (non-hydrogen) atoms. The number of aryl methyl sites for hydroxylation is 2. The Kier molecular flexibility index (Phi) is 5.78. The van der Waals surface area contributed by atoms with Crippen molar-refractivity contribution in [1.29, 1.82) is 0 Å². The Morgan fingerprint density at radius 1 is 1.03 bits per heavy atom. The van der Waals surface area contributed by atoms with Gasteiger partial charge in [0.2, 0.25) is 10.0 Å². The van der Waals surface area contributed by atoms with Crippen LogP contribution in [0.1, 0.15) is 41.3 Å². The van der Waals surface area contributed by atoms with E-state index in [4.69, 9.17) is 4.98 Å². The van der Waals surface area contributed by atoms with E-state index in [0.29, 0.717) is 31.0 Å². The topological polar surface area (TPSA) is 114 Å². The summed E-state index contributed by atoms with van der Waals surface area (Å²) in [6.45, 7) is 5.07. The zero-order valence-electron chi connectivity index (χ0n) is 19.1. The van der Waals surface area contributed by atoms with Gasteiger partial charge in [-0.3, -0.25) is 4.79 Å². The van der Waals surface area contributed by atoms with E-state index in [-0.39, 0.29) is 28.4 Å². The Balaban J connectivity index is 1.44. The van der Waals surface area contributed by atoms with Gasteiger partial charge in [-0.15, -0.1) is 5.10 Å². The molecule has 9 nitrogen and oxygen atoms in total.